The van der Waals surface area contributed by atoms with Crippen LogP contribution in [0.25, 0.3) is 0 Å². The maximum atomic E-state index is 12.1. The molecule has 0 aliphatic carbocycles. The van der Waals surface area contributed by atoms with Crippen LogP contribution in [0.5, 0.6) is 0 Å². The minimum Gasteiger partial charge on any atom is -0.255 e. The van der Waals surface area contributed by atoms with Gasteiger partial charge >= 0.3 is 6.04 Å². The van der Waals surface area contributed by atoms with Gasteiger partial charge < -0.3 is 0 Å². The predicted molar refractivity (Wildman–Crippen MR) is 37.2 cm³/mol. The van der Waals surface area contributed by atoms with E-state index in [-0.39, 0.29) is 16.5 Å². The van der Waals surface area contributed by atoms with Crippen molar-refractivity contribution >= 4 is 17.6 Å². The van der Waals surface area contributed by atoms with Crippen LogP contribution in [0.15, 0.2) is 6.20 Å². The van der Waals surface area contributed by atoms with Crippen molar-refractivity contribution in [3.63, 3.8) is 0 Å². The molecule has 0 atom stereocenters. The summed E-state index contributed by atoms with van der Waals surface area (Å²) in [5, 5.41) is 0.00694. The van der Waals surface area contributed by atoms with Crippen LogP contribution >= 0.6 is 11.6 Å². The van der Waals surface area contributed by atoms with Crippen molar-refractivity contribution in [1.82, 2.24) is 9.97 Å². The molecule has 0 aliphatic heterocycles. The Balaban J connectivity index is 3.20. The first-order valence-electron chi connectivity index (χ1n) is 2.80. The van der Waals surface area contributed by atoms with E-state index >= 15 is 0 Å². The number of rotatable bonds is 1. The first-order valence-corrected chi connectivity index (χ1v) is 3.18. The number of hydrogen-bond donors (Lipinski definition) is 0. The zero-order valence-corrected chi connectivity index (χ0v) is 6.39. The van der Waals surface area contributed by atoms with Gasteiger partial charge in [-0.1, -0.05) is 0 Å². The molecule has 0 aliphatic rings. The second-order valence-corrected chi connectivity index (χ2v) is 2.25. The van der Waals surface area contributed by atoms with Crippen molar-refractivity contribution in [1.29, 1.82) is 0 Å². The fourth-order valence-electron chi connectivity index (χ4n) is 0.632. The van der Waals surface area contributed by atoms with Gasteiger partial charge in [0.1, 0.15) is 0 Å². The van der Waals surface area contributed by atoms with Gasteiger partial charge in [-0.25, -0.2) is 9.97 Å². The van der Waals surface area contributed by atoms with Crippen LogP contribution in [0.2, 0.25) is 5.28 Å². The Morgan fingerprint density at radius 3 is 2.82 bits per heavy atom. The van der Waals surface area contributed by atoms with E-state index in [0.29, 0.717) is 0 Å². The van der Waals surface area contributed by atoms with Crippen molar-refractivity contribution in [2.45, 2.75) is 6.92 Å². The second kappa shape index (κ2) is 2.92. The van der Waals surface area contributed by atoms with Crippen LogP contribution in [0.3, 0.4) is 0 Å². The standard InChI is InChI=1S/C6H4ClFN2O/c1-3-4(5(8)11)2-9-6(7)10-3/h2H,1H3. The Kier molecular flexibility index (Phi) is 2.14. The molecule has 1 aromatic heterocycles. The highest BCUT2D eigenvalue weighted by molar-refractivity contribution is 6.28. The quantitative estimate of drug-likeness (QED) is 0.479. The largest absolute Gasteiger partial charge is 0.335 e. The maximum Gasteiger partial charge on any atom is 0.335 e. The lowest BCUT2D eigenvalue weighted by Gasteiger charge is -1.96. The van der Waals surface area contributed by atoms with Crippen LogP contribution in [0.4, 0.5) is 4.39 Å². The lowest BCUT2D eigenvalue weighted by atomic mass is 10.3. The third kappa shape index (κ3) is 1.71. The first-order chi connectivity index (χ1) is 5.11. The highest BCUT2D eigenvalue weighted by Crippen LogP contribution is 2.07. The van der Waals surface area contributed by atoms with E-state index in [1.807, 2.05) is 0 Å². The highest BCUT2D eigenvalue weighted by Gasteiger charge is 2.08. The zero-order chi connectivity index (χ0) is 8.43. The van der Waals surface area contributed by atoms with Crippen LogP contribution in [-0.4, -0.2) is 16.0 Å². The van der Waals surface area contributed by atoms with Gasteiger partial charge in [-0.15, -0.1) is 0 Å². The van der Waals surface area contributed by atoms with Gasteiger partial charge in [-0.3, -0.25) is 4.79 Å². The number of aryl methyl sites for hydroxylation is 1. The highest BCUT2D eigenvalue weighted by atomic mass is 35.5. The van der Waals surface area contributed by atoms with Gasteiger partial charge in [0, 0.05) is 6.20 Å². The second-order valence-electron chi connectivity index (χ2n) is 1.91. The summed E-state index contributed by atoms with van der Waals surface area (Å²) < 4.78 is 12.1. The zero-order valence-electron chi connectivity index (χ0n) is 5.64. The van der Waals surface area contributed by atoms with E-state index < -0.39 is 6.04 Å². The molecule has 0 saturated heterocycles. The molecule has 0 aromatic carbocycles. The molecule has 0 bridgehead atoms. The summed E-state index contributed by atoms with van der Waals surface area (Å²) in [5.41, 5.74) is 0.104. The summed E-state index contributed by atoms with van der Waals surface area (Å²) in [5.74, 6) is 0. The molecule has 1 rings (SSSR count). The van der Waals surface area contributed by atoms with E-state index in [4.69, 9.17) is 11.6 Å². The minimum atomic E-state index is -1.54. The van der Waals surface area contributed by atoms with Gasteiger partial charge in [0.25, 0.3) is 0 Å². The molecule has 11 heavy (non-hydrogen) atoms. The number of aromatic nitrogens is 2. The molecule has 0 spiro atoms. The molecule has 0 amide bonds. The Bertz CT molecular complexity index is 303. The lowest BCUT2D eigenvalue weighted by molar-refractivity contribution is 0.0834. The molecule has 1 aromatic rings. The summed E-state index contributed by atoms with van der Waals surface area (Å²) in [6.07, 6.45) is 1.06. The maximum absolute atomic E-state index is 12.1. The Labute approximate surface area is 67.2 Å². The summed E-state index contributed by atoms with van der Waals surface area (Å²) in [6.45, 7) is 1.49. The van der Waals surface area contributed by atoms with E-state index in [0.717, 1.165) is 6.20 Å². The fourth-order valence-corrected chi connectivity index (χ4v) is 0.807. The average molecular weight is 175 g/mol. The number of hydrogen-bond acceptors (Lipinski definition) is 3. The molecule has 0 N–H and O–H groups in total. The summed E-state index contributed by atoms with van der Waals surface area (Å²) in [6, 6.07) is -1.54. The number of carbonyl (C=O) groups excluding carboxylic acids is 1. The Morgan fingerprint density at radius 1 is 1.73 bits per heavy atom. The van der Waals surface area contributed by atoms with Crippen molar-refractivity contribution in [2.24, 2.45) is 0 Å². The van der Waals surface area contributed by atoms with Crippen molar-refractivity contribution in [3.05, 3.63) is 22.7 Å². The molecule has 3 nitrogen and oxygen atoms in total. The normalized spacial score (nSPS) is 9.73. The average Bonchev–Trinajstić information content (AvgIpc) is 1.85. The van der Waals surface area contributed by atoms with Crippen LogP contribution in [0.1, 0.15) is 16.1 Å². The number of halogens is 2. The summed E-state index contributed by atoms with van der Waals surface area (Å²) >= 11 is 5.37. The third-order valence-corrected chi connectivity index (χ3v) is 1.34. The van der Waals surface area contributed by atoms with Gasteiger partial charge in [0.2, 0.25) is 5.28 Å². The number of carbonyl (C=O) groups is 1. The van der Waals surface area contributed by atoms with Crippen molar-refractivity contribution in [2.75, 3.05) is 0 Å². The van der Waals surface area contributed by atoms with E-state index in [9.17, 15) is 9.18 Å². The SMILES string of the molecule is Cc1nc(Cl)ncc1C(=O)F. The van der Waals surface area contributed by atoms with Gasteiger partial charge in [-0.05, 0) is 18.5 Å². The molecular weight excluding hydrogens is 171 g/mol. The van der Waals surface area contributed by atoms with Crippen LogP contribution in [0, 0.1) is 6.92 Å². The fraction of sp³-hybridized carbons (Fsp3) is 0.167. The smallest absolute Gasteiger partial charge is 0.255 e. The Hall–Kier alpha value is -1.03. The van der Waals surface area contributed by atoms with E-state index in [1.165, 1.54) is 6.92 Å². The molecule has 0 saturated carbocycles. The molecule has 5 heteroatoms. The third-order valence-electron chi connectivity index (χ3n) is 1.16. The van der Waals surface area contributed by atoms with Crippen molar-refractivity contribution in [3.8, 4) is 0 Å². The number of nitrogens with zero attached hydrogens (tertiary/aromatic N) is 2. The van der Waals surface area contributed by atoms with Crippen molar-refractivity contribution < 1.29 is 9.18 Å². The van der Waals surface area contributed by atoms with E-state index in [2.05, 4.69) is 9.97 Å². The summed E-state index contributed by atoms with van der Waals surface area (Å²) in [4.78, 5) is 17.2. The lowest BCUT2D eigenvalue weighted by Crippen LogP contribution is -1.98. The monoisotopic (exact) mass is 174 g/mol. The minimum absolute atomic E-state index is 0.00694. The molecule has 0 fully saturated rings. The van der Waals surface area contributed by atoms with Crippen LogP contribution in [-0.2, 0) is 0 Å². The molecule has 1 heterocycles. The Morgan fingerprint density at radius 2 is 2.36 bits per heavy atom. The predicted octanol–water partition coefficient (Wildman–Crippen LogP) is 1.55. The van der Waals surface area contributed by atoms with Gasteiger partial charge in [0.15, 0.2) is 0 Å². The molecule has 0 radical (unpaired) electrons. The van der Waals surface area contributed by atoms with E-state index in [1.54, 1.807) is 0 Å². The molecule has 0 unspecified atom stereocenters. The summed E-state index contributed by atoms with van der Waals surface area (Å²) in [7, 11) is 0. The van der Waals surface area contributed by atoms with Gasteiger partial charge in [0.05, 0.1) is 11.3 Å². The topological polar surface area (TPSA) is 42.9 Å². The van der Waals surface area contributed by atoms with Crippen LogP contribution < -0.4 is 0 Å². The molecule has 58 valence electrons. The van der Waals surface area contributed by atoms with Gasteiger partial charge in [-0.2, -0.15) is 4.39 Å². The molecular formula is C6H4ClFN2O. The first kappa shape index (κ1) is 8.07.